The largest absolute Gasteiger partial charge is 0.389 e. The average Bonchev–Trinajstić information content (AvgIpc) is 2.37. The Balaban J connectivity index is 2.39. The van der Waals surface area contributed by atoms with Gasteiger partial charge in [0.1, 0.15) is 5.54 Å². The number of likely N-dealkylation sites (N-methyl/N-ethyl adjacent to an activating group) is 1. The van der Waals surface area contributed by atoms with Crippen molar-refractivity contribution in [3.63, 3.8) is 0 Å². The van der Waals surface area contributed by atoms with E-state index in [1.165, 1.54) is 0 Å². The van der Waals surface area contributed by atoms with Gasteiger partial charge in [0.15, 0.2) is 0 Å². The van der Waals surface area contributed by atoms with Crippen LogP contribution in [0.1, 0.15) is 32.4 Å². The van der Waals surface area contributed by atoms with Crippen LogP contribution in [0.2, 0.25) is 0 Å². The lowest BCUT2D eigenvalue weighted by Gasteiger charge is -2.46. The van der Waals surface area contributed by atoms with Crippen LogP contribution in [-0.4, -0.2) is 41.6 Å². The van der Waals surface area contributed by atoms with E-state index in [1.807, 2.05) is 39.1 Å². The Bertz CT molecular complexity index is 529. The van der Waals surface area contributed by atoms with Gasteiger partial charge >= 0.3 is 0 Å². The van der Waals surface area contributed by atoms with Gasteiger partial charge < -0.3 is 14.9 Å². The van der Waals surface area contributed by atoms with Crippen LogP contribution in [0.3, 0.4) is 0 Å². The number of benzene rings is 1. The third-order valence-corrected chi connectivity index (χ3v) is 4.58. The number of piperazine rings is 1. The quantitative estimate of drug-likeness (QED) is 0.899. The molecule has 0 bridgehead atoms. The predicted octanol–water partition coefficient (Wildman–Crippen LogP) is 2.56. The molecule has 1 aromatic rings. The summed E-state index contributed by atoms with van der Waals surface area (Å²) in [6.45, 7) is 7.14. The molecular formula is C15H21BrN2O2. The summed E-state index contributed by atoms with van der Waals surface area (Å²) >= 11 is 3.56. The van der Waals surface area contributed by atoms with E-state index in [2.05, 4.69) is 20.8 Å². The molecule has 0 radical (unpaired) electrons. The molecule has 4 nitrogen and oxygen atoms in total. The van der Waals surface area contributed by atoms with E-state index in [0.29, 0.717) is 6.54 Å². The minimum Gasteiger partial charge on any atom is -0.389 e. The molecule has 1 fully saturated rings. The molecule has 1 aromatic carbocycles. The minimum absolute atomic E-state index is 0.121. The number of aliphatic hydroxyl groups excluding tert-OH is 1. The zero-order valence-corrected chi connectivity index (χ0v) is 13.9. The first-order valence-corrected chi connectivity index (χ1v) is 7.55. The van der Waals surface area contributed by atoms with Gasteiger partial charge in [-0.15, -0.1) is 0 Å². The van der Waals surface area contributed by atoms with Gasteiger partial charge in [-0.1, -0.05) is 6.07 Å². The number of carbonyl (C=O) groups is 1. The molecule has 0 saturated carbocycles. The first kappa shape index (κ1) is 15.3. The number of hydrogen-bond acceptors (Lipinski definition) is 3. The maximum Gasteiger partial charge on any atom is 0.247 e. The summed E-state index contributed by atoms with van der Waals surface area (Å²) in [6.07, 6.45) is -0.498. The first-order valence-electron chi connectivity index (χ1n) is 6.76. The molecule has 1 heterocycles. The molecule has 1 atom stereocenters. The second-order valence-corrected chi connectivity index (χ2v) is 6.68. The molecule has 1 N–H and O–H groups in total. The molecular weight excluding hydrogens is 320 g/mol. The summed E-state index contributed by atoms with van der Waals surface area (Å²) < 4.78 is 0.904. The Morgan fingerprint density at radius 2 is 2.00 bits per heavy atom. The Morgan fingerprint density at radius 1 is 1.35 bits per heavy atom. The van der Waals surface area contributed by atoms with Crippen LogP contribution in [0.5, 0.6) is 0 Å². The number of nitrogens with zero attached hydrogens (tertiary/aromatic N) is 2. The van der Waals surface area contributed by atoms with E-state index in [-0.39, 0.29) is 5.91 Å². The van der Waals surface area contributed by atoms with E-state index >= 15 is 0 Å². The number of aliphatic hydroxyl groups is 1. The summed E-state index contributed by atoms with van der Waals surface area (Å²) in [5, 5.41) is 9.63. The van der Waals surface area contributed by atoms with Crippen molar-refractivity contribution in [2.45, 2.75) is 32.4 Å². The Kier molecular flexibility index (Phi) is 4.12. The Hall–Kier alpha value is -1.07. The van der Waals surface area contributed by atoms with Crippen LogP contribution in [-0.2, 0) is 4.79 Å². The van der Waals surface area contributed by atoms with Crippen LogP contribution in [0, 0.1) is 0 Å². The lowest BCUT2D eigenvalue weighted by atomic mass is 9.96. The molecule has 1 aliphatic heterocycles. The number of carbonyl (C=O) groups excluding carboxylic acids is 1. The second kappa shape index (κ2) is 5.37. The van der Waals surface area contributed by atoms with Crippen LogP contribution < -0.4 is 4.90 Å². The summed E-state index contributed by atoms with van der Waals surface area (Å²) in [5.41, 5.74) is 1.28. The fraction of sp³-hybridized carbons (Fsp3) is 0.533. The predicted molar refractivity (Wildman–Crippen MR) is 83.8 cm³/mol. The van der Waals surface area contributed by atoms with Crippen molar-refractivity contribution in [3.05, 3.63) is 28.2 Å². The van der Waals surface area contributed by atoms with Crippen molar-refractivity contribution in [1.82, 2.24) is 4.90 Å². The topological polar surface area (TPSA) is 43.8 Å². The van der Waals surface area contributed by atoms with E-state index in [1.54, 1.807) is 11.8 Å². The van der Waals surface area contributed by atoms with Crippen molar-refractivity contribution in [1.29, 1.82) is 0 Å². The highest BCUT2D eigenvalue weighted by Gasteiger charge is 2.41. The molecule has 0 aromatic heterocycles. The Morgan fingerprint density at radius 3 is 2.55 bits per heavy atom. The van der Waals surface area contributed by atoms with Gasteiger partial charge in [-0.05, 0) is 54.4 Å². The molecule has 2 rings (SSSR count). The zero-order chi connectivity index (χ0) is 15.1. The van der Waals surface area contributed by atoms with Crippen LogP contribution in [0.4, 0.5) is 5.69 Å². The second-order valence-electron chi connectivity index (χ2n) is 5.82. The van der Waals surface area contributed by atoms with Crippen molar-refractivity contribution >= 4 is 27.5 Å². The fourth-order valence-electron chi connectivity index (χ4n) is 2.64. The summed E-state index contributed by atoms with van der Waals surface area (Å²) in [7, 11) is 1.84. The third kappa shape index (κ3) is 2.56. The highest BCUT2D eigenvalue weighted by atomic mass is 79.9. The van der Waals surface area contributed by atoms with E-state index < -0.39 is 11.6 Å². The van der Waals surface area contributed by atoms with Gasteiger partial charge in [-0.3, -0.25) is 4.79 Å². The summed E-state index contributed by atoms with van der Waals surface area (Å²) in [5.74, 6) is 0.121. The summed E-state index contributed by atoms with van der Waals surface area (Å²) in [4.78, 5) is 16.2. The first-order chi connectivity index (χ1) is 9.25. The van der Waals surface area contributed by atoms with Crippen molar-refractivity contribution in [3.8, 4) is 0 Å². The SMILES string of the molecule is C[C@H](O)c1ccc(N2CCN(C)C(=O)C2(C)C)c(Br)c1. The molecule has 20 heavy (non-hydrogen) atoms. The molecule has 110 valence electrons. The number of anilines is 1. The maximum atomic E-state index is 12.3. The standard InChI is InChI=1S/C15H21BrN2O2/c1-10(19)11-5-6-13(12(16)9-11)18-8-7-17(4)14(20)15(18,2)3/h5-6,9-10,19H,7-8H2,1-4H3/t10-/m0/s1. The van der Waals surface area contributed by atoms with Gasteiger partial charge in [-0.25, -0.2) is 0 Å². The van der Waals surface area contributed by atoms with Gasteiger partial charge in [0.2, 0.25) is 5.91 Å². The lowest BCUT2D eigenvalue weighted by Crippen LogP contribution is -2.62. The number of rotatable bonds is 2. The molecule has 0 aliphatic carbocycles. The van der Waals surface area contributed by atoms with Gasteiger partial charge in [0.25, 0.3) is 0 Å². The van der Waals surface area contributed by atoms with Crippen molar-refractivity contribution < 1.29 is 9.90 Å². The molecule has 0 unspecified atom stereocenters. The maximum absolute atomic E-state index is 12.3. The number of hydrogen-bond donors (Lipinski definition) is 1. The lowest BCUT2D eigenvalue weighted by molar-refractivity contribution is -0.136. The van der Waals surface area contributed by atoms with E-state index in [0.717, 1.165) is 22.3 Å². The monoisotopic (exact) mass is 340 g/mol. The fourth-order valence-corrected chi connectivity index (χ4v) is 3.25. The zero-order valence-electron chi connectivity index (χ0n) is 12.4. The van der Waals surface area contributed by atoms with E-state index in [4.69, 9.17) is 0 Å². The normalized spacial score (nSPS) is 20.2. The smallest absolute Gasteiger partial charge is 0.247 e. The molecule has 1 aliphatic rings. The highest BCUT2D eigenvalue weighted by Crippen LogP contribution is 2.35. The van der Waals surface area contributed by atoms with Gasteiger partial charge in [0, 0.05) is 24.6 Å². The number of amides is 1. The Labute approximate surface area is 128 Å². The van der Waals surface area contributed by atoms with Crippen molar-refractivity contribution in [2.24, 2.45) is 0 Å². The van der Waals surface area contributed by atoms with Crippen LogP contribution in [0.15, 0.2) is 22.7 Å². The van der Waals surface area contributed by atoms with Crippen LogP contribution >= 0.6 is 15.9 Å². The molecule has 0 spiro atoms. The van der Waals surface area contributed by atoms with Gasteiger partial charge in [0.05, 0.1) is 11.8 Å². The molecule has 1 saturated heterocycles. The number of halogens is 1. The van der Waals surface area contributed by atoms with Crippen molar-refractivity contribution in [2.75, 3.05) is 25.0 Å². The average molecular weight is 341 g/mol. The molecule has 5 heteroatoms. The third-order valence-electron chi connectivity index (χ3n) is 3.95. The van der Waals surface area contributed by atoms with E-state index in [9.17, 15) is 9.90 Å². The minimum atomic E-state index is -0.568. The molecule has 1 amide bonds. The highest BCUT2D eigenvalue weighted by molar-refractivity contribution is 9.10. The summed E-state index contributed by atoms with van der Waals surface area (Å²) in [6, 6.07) is 5.79. The van der Waals surface area contributed by atoms with Crippen LogP contribution in [0.25, 0.3) is 0 Å². The van der Waals surface area contributed by atoms with Gasteiger partial charge in [-0.2, -0.15) is 0 Å².